The van der Waals surface area contributed by atoms with Crippen LogP contribution in [0.15, 0.2) is 0 Å². The maximum absolute atomic E-state index is 11.4. The minimum atomic E-state index is -0.311. The molecule has 0 aromatic heterocycles. The average molecular weight is 226 g/mol. The Hall–Kier alpha value is -1.39. The van der Waals surface area contributed by atoms with E-state index in [4.69, 9.17) is 0 Å². The van der Waals surface area contributed by atoms with Gasteiger partial charge in [0.15, 0.2) is 0 Å². The molecule has 0 spiro atoms. The molecule has 1 fully saturated rings. The molecule has 1 aliphatic rings. The molecule has 16 heavy (non-hydrogen) atoms. The molecule has 3 amide bonds. The molecule has 5 heteroatoms. The molecule has 0 bridgehead atoms. The second-order valence-corrected chi connectivity index (χ2v) is 4.44. The van der Waals surface area contributed by atoms with E-state index in [0.29, 0.717) is 31.6 Å². The smallest absolute Gasteiger partial charge is 0.248 e. The second kappa shape index (κ2) is 5.63. The minimum absolute atomic E-state index is 0.266. The lowest BCUT2D eigenvalue weighted by molar-refractivity contribution is -0.156. The number of nitrogens with one attached hydrogen (secondary N) is 1. The van der Waals surface area contributed by atoms with Crippen molar-refractivity contribution in [2.45, 2.75) is 46.0 Å². The number of imide groups is 1. The standard InChI is InChI=1S/C11H18N2O3/c1-8(2)6-7-9(14)12-13-10(15)4-3-5-11(13)16/h8H,3-7H2,1-2H3,(H,12,14). The molecule has 5 nitrogen and oxygen atoms in total. The van der Waals surface area contributed by atoms with Gasteiger partial charge in [-0.25, -0.2) is 0 Å². The highest BCUT2D eigenvalue weighted by atomic mass is 16.2. The van der Waals surface area contributed by atoms with Gasteiger partial charge in [0, 0.05) is 19.3 Å². The van der Waals surface area contributed by atoms with Gasteiger partial charge in [-0.1, -0.05) is 13.8 Å². The predicted molar refractivity (Wildman–Crippen MR) is 57.9 cm³/mol. The van der Waals surface area contributed by atoms with E-state index in [2.05, 4.69) is 5.43 Å². The number of piperidine rings is 1. The molecule has 1 N–H and O–H groups in total. The lowest BCUT2D eigenvalue weighted by Gasteiger charge is -2.24. The monoisotopic (exact) mass is 226 g/mol. The summed E-state index contributed by atoms with van der Waals surface area (Å²) in [5.74, 6) is -0.459. The number of hydrogen-bond acceptors (Lipinski definition) is 3. The lowest BCUT2D eigenvalue weighted by atomic mass is 10.1. The van der Waals surface area contributed by atoms with E-state index < -0.39 is 0 Å². The van der Waals surface area contributed by atoms with Gasteiger partial charge >= 0.3 is 0 Å². The van der Waals surface area contributed by atoms with Crippen LogP contribution < -0.4 is 5.43 Å². The molecule has 90 valence electrons. The first-order valence-corrected chi connectivity index (χ1v) is 5.66. The van der Waals surface area contributed by atoms with Crippen LogP contribution in [0, 0.1) is 5.92 Å². The third kappa shape index (κ3) is 3.64. The molecule has 1 heterocycles. The van der Waals surface area contributed by atoms with Crippen LogP contribution >= 0.6 is 0 Å². The van der Waals surface area contributed by atoms with Crippen LogP contribution in [0.3, 0.4) is 0 Å². The fourth-order valence-corrected chi connectivity index (χ4v) is 1.48. The average Bonchev–Trinajstić information content (AvgIpc) is 2.21. The van der Waals surface area contributed by atoms with E-state index in [1.807, 2.05) is 13.8 Å². The Labute approximate surface area is 95.1 Å². The summed E-state index contributed by atoms with van der Waals surface area (Å²) >= 11 is 0. The molecule has 0 aromatic rings. The van der Waals surface area contributed by atoms with Gasteiger partial charge in [0.2, 0.25) is 17.7 Å². The zero-order valence-electron chi connectivity index (χ0n) is 9.78. The molecule has 0 unspecified atom stereocenters. The van der Waals surface area contributed by atoms with Crippen molar-refractivity contribution in [3.63, 3.8) is 0 Å². The van der Waals surface area contributed by atoms with Crippen LogP contribution in [0.25, 0.3) is 0 Å². The van der Waals surface area contributed by atoms with Crippen LogP contribution in [0.5, 0.6) is 0 Å². The fourth-order valence-electron chi connectivity index (χ4n) is 1.48. The molecular weight excluding hydrogens is 208 g/mol. The number of amides is 3. The predicted octanol–water partition coefficient (Wildman–Crippen LogP) is 0.993. The molecule has 0 saturated carbocycles. The summed E-state index contributed by atoms with van der Waals surface area (Å²) in [6.45, 7) is 4.04. The summed E-state index contributed by atoms with van der Waals surface area (Å²) in [4.78, 5) is 34.2. The van der Waals surface area contributed by atoms with Crippen molar-refractivity contribution in [2.75, 3.05) is 0 Å². The Morgan fingerprint density at radius 2 is 1.88 bits per heavy atom. The number of carbonyl (C=O) groups is 3. The third-order valence-electron chi connectivity index (χ3n) is 2.47. The number of nitrogens with zero attached hydrogens (tertiary/aromatic N) is 1. The first kappa shape index (κ1) is 12.7. The Morgan fingerprint density at radius 3 is 2.38 bits per heavy atom. The quantitative estimate of drug-likeness (QED) is 0.727. The van der Waals surface area contributed by atoms with Crippen LogP contribution in [-0.4, -0.2) is 22.7 Å². The zero-order chi connectivity index (χ0) is 12.1. The van der Waals surface area contributed by atoms with Gasteiger partial charge in [0.25, 0.3) is 0 Å². The van der Waals surface area contributed by atoms with Crippen LogP contribution in [0.1, 0.15) is 46.0 Å². The van der Waals surface area contributed by atoms with Crippen molar-refractivity contribution in [3.05, 3.63) is 0 Å². The van der Waals surface area contributed by atoms with Gasteiger partial charge in [-0.05, 0) is 18.8 Å². The normalized spacial score (nSPS) is 16.8. The highest BCUT2D eigenvalue weighted by molar-refractivity contribution is 5.99. The van der Waals surface area contributed by atoms with Crippen molar-refractivity contribution >= 4 is 17.7 Å². The third-order valence-corrected chi connectivity index (χ3v) is 2.47. The molecule has 0 aliphatic carbocycles. The van der Waals surface area contributed by atoms with E-state index in [9.17, 15) is 14.4 Å². The maximum atomic E-state index is 11.4. The zero-order valence-corrected chi connectivity index (χ0v) is 9.78. The van der Waals surface area contributed by atoms with Crippen molar-refractivity contribution < 1.29 is 14.4 Å². The van der Waals surface area contributed by atoms with E-state index in [1.165, 1.54) is 0 Å². The Kier molecular flexibility index (Phi) is 4.46. The topological polar surface area (TPSA) is 66.5 Å². The summed E-state index contributed by atoms with van der Waals surface area (Å²) in [7, 11) is 0. The second-order valence-electron chi connectivity index (χ2n) is 4.44. The summed E-state index contributed by atoms with van der Waals surface area (Å²) in [6, 6.07) is 0. The van der Waals surface area contributed by atoms with Gasteiger partial charge in [0.05, 0.1) is 0 Å². The Balaban J connectivity index is 2.42. The largest absolute Gasteiger partial charge is 0.273 e. The maximum Gasteiger partial charge on any atom is 0.248 e. The van der Waals surface area contributed by atoms with Gasteiger partial charge in [-0.2, -0.15) is 5.01 Å². The van der Waals surface area contributed by atoms with E-state index in [1.54, 1.807) is 0 Å². The molecule has 1 saturated heterocycles. The molecule has 0 aromatic carbocycles. The summed E-state index contributed by atoms with van der Waals surface area (Å²) < 4.78 is 0. The van der Waals surface area contributed by atoms with E-state index in [-0.39, 0.29) is 17.7 Å². The number of hydrogen-bond donors (Lipinski definition) is 1. The summed E-state index contributed by atoms with van der Waals surface area (Å²) in [5, 5.41) is 0.867. The van der Waals surface area contributed by atoms with Crippen molar-refractivity contribution in [3.8, 4) is 0 Å². The first-order valence-electron chi connectivity index (χ1n) is 5.66. The van der Waals surface area contributed by atoms with Gasteiger partial charge < -0.3 is 0 Å². The van der Waals surface area contributed by atoms with Gasteiger partial charge in [-0.15, -0.1) is 0 Å². The van der Waals surface area contributed by atoms with Crippen LogP contribution in [-0.2, 0) is 14.4 Å². The molecule has 0 radical (unpaired) electrons. The van der Waals surface area contributed by atoms with Gasteiger partial charge in [-0.3, -0.25) is 19.8 Å². The minimum Gasteiger partial charge on any atom is -0.273 e. The lowest BCUT2D eigenvalue weighted by Crippen LogP contribution is -2.51. The van der Waals surface area contributed by atoms with Crippen LogP contribution in [0.4, 0.5) is 0 Å². The Bertz CT molecular complexity index is 284. The number of hydrazine groups is 1. The van der Waals surface area contributed by atoms with E-state index >= 15 is 0 Å². The van der Waals surface area contributed by atoms with Crippen molar-refractivity contribution in [1.29, 1.82) is 0 Å². The van der Waals surface area contributed by atoms with Crippen LogP contribution in [0.2, 0.25) is 0 Å². The Morgan fingerprint density at radius 1 is 1.31 bits per heavy atom. The van der Waals surface area contributed by atoms with Gasteiger partial charge in [0.1, 0.15) is 0 Å². The SMILES string of the molecule is CC(C)CCC(=O)NN1C(=O)CCCC1=O. The van der Waals surface area contributed by atoms with Crippen molar-refractivity contribution in [2.24, 2.45) is 5.92 Å². The number of carbonyl (C=O) groups excluding carboxylic acids is 3. The number of rotatable bonds is 4. The van der Waals surface area contributed by atoms with Crippen molar-refractivity contribution in [1.82, 2.24) is 10.4 Å². The molecule has 1 aliphatic heterocycles. The summed E-state index contributed by atoms with van der Waals surface area (Å²) in [6.07, 6.45) is 2.33. The fraction of sp³-hybridized carbons (Fsp3) is 0.727. The molecule has 0 atom stereocenters. The van der Waals surface area contributed by atoms with E-state index in [0.717, 1.165) is 11.4 Å². The highest BCUT2D eigenvalue weighted by Crippen LogP contribution is 2.10. The highest BCUT2D eigenvalue weighted by Gasteiger charge is 2.27. The summed E-state index contributed by atoms with van der Waals surface area (Å²) in [5.41, 5.74) is 2.37. The molecule has 1 rings (SSSR count). The molecular formula is C11H18N2O3. The first-order chi connectivity index (χ1) is 7.50.